The second kappa shape index (κ2) is 63.3. The third-order valence-corrected chi connectivity index (χ3v) is 18.5. The number of hydrogen-bond donors (Lipinski definition) is 12. The van der Waals surface area contributed by atoms with Crippen LogP contribution in [0.4, 0.5) is 0 Å². The first-order chi connectivity index (χ1) is 50.8. The molecule has 0 aromatic heterocycles. The number of aliphatic hydroxyl groups excluding tert-OH is 11. The summed E-state index contributed by atoms with van der Waals surface area (Å²) in [6.07, 6.45) is 66.5. The zero-order chi connectivity index (χ0) is 75.3. The van der Waals surface area contributed by atoms with Crippen molar-refractivity contribution in [2.45, 2.75) is 343 Å². The minimum absolute atomic E-state index is 0.165. The van der Waals surface area contributed by atoms with E-state index in [0.717, 1.165) is 103 Å². The molecular formula is C85H139NO18. The number of hydrogen-bond acceptors (Lipinski definition) is 18. The van der Waals surface area contributed by atoms with Crippen LogP contribution < -0.4 is 5.32 Å². The van der Waals surface area contributed by atoms with E-state index in [2.05, 4.69) is 165 Å². The lowest BCUT2D eigenvalue weighted by atomic mass is 9.96. The second-order valence-corrected chi connectivity index (χ2v) is 27.4. The van der Waals surface area contributed by atoms with Crippen LogP contribution in [0, 0.1) is 0 Å². The summed E-state index contributed by atoms with van der Waals surface area (Å²) >= 11 is 0. The van der Waals surface area contributed by atoms with Crippen molar-refractivity contribution in [1.82, 2.24) is 5.32 Å². The molecule has 3 rings (SSSR count). The van der Waals surface area contributed by atoms with Crippen molar-refractivity contribution < 1.29 is 89.4 Å². The summed E-state index contributed by atoms with van der Waals surface area (Å²) in [6.45, 7) is 1.56. The van der Waals surface area contributed by atoms with Crippen molar-refractivity contribution in [2.75, 3.05) is 26.4 Å². The van der Waals surface area contributed by atoms with Crippen LogP contribution in [0.2, 0.25) is 0 Å². The fourth-order valence-electron chi connectivity index (χ4n) is 12.2. The van der Waals surface area contributed by atoms with Crippen molar-refractivity contribution in [2.24, 2.45) is 0 Å². The predicted octanol–water partition coefficient (Wildman–Crippen LogP) is 13.2. The van der Waals surface area contributed by atoms with Crippen LogP contribution in [0.3, 0.4) is 0 Å². The minimum atomic E-state index is -2.00. The highest BCUT2D eigenvalue weighted by Crippen LogP contribution is 2.33. The van der Waals surface area contributed by atoms with Crippen LogP contribution in [-0.4, -0.2) is 193 Å². The highest BCUT2D eigenvalue weighted by molar-refractivity contribution is 5.76. The SMILES string of the molecule is CC/C=C\C/C=C\C/C=C\C/C=C\C/C=C\C/C=C\C/C=C\C/C=C\C/C=C\C/C=C\CCCCC(=O)NC(COC1OC(CO)C(OC2OC(CO)C(OC3OC(CO)C(O)C(O)C3O)C(O)C2O)C(O)C1O)C(O)/C=C/CC/C=C/CC/C=C/CCCCCCCCCCCCCCCCCC. The quantitative estimate of drug-likeness (QED) is 0.0199. The Labute approximate surface area is 625 Å². The summed E-state index contributed by atoms with van der Waals surface area (Å²) in [5.41, 5.74) is 0. The Morgan fingerprint density at radius 3 is 1.08 bits per heavy atom. The van der Waals surface area contributed by atoms with Crippen molar-refractivity contribution in [3.8, 4) is 0 Å². The van der Waals surface area contributed by atoms with Gasteiger partial charge >= 0.3 is 0 Å². The van der Waals surface area contributed by atoms with Crippen LogP contribution in [0.1, 0.15) is 239 Å². The third kappa shape index (κ3) is 42.8. The third-order valence-electron chi connectivity index (χ3n) is 18.5. The number of aliphatic hydroxyl groups is 11. The van der Waals surface area contributed by atoms with E-state index in [1.807, 2.05) is 6.08 Å². The van der Waals surface area contributed by atoms with Gasteiger partial charge in [-0.15, -0.1) is 0 Å². The topological polar surface area (TPSA) is 307 Å². The van der Waals surface area contributed by atoms with Crippen molar-refractivity contribution >= 4 is 5.91 Å². The molecule has 592 valence electrons. The lowest BCUT2D eigenvalue weighted by Gasteiger charge is -2.48. The maximum atomic E-state index is 13.4. The van der Waals surface area contributed by atoms with Gasteiger partial charge in [0.1, 0.15) is 73.2 Å². The number of nitrogens with one attached hydrogen (secondary N) is 1. The number of amides is 1. The Morgan fingerprint density at radius 2 is 0.673 bits per heavy atom. The van der Waals surface area contributed by atoms with E-state index < -0.39 is 131 Å². The molecule has 1 amide bonds. The van der Waals surface area contributed by atoms with Gasteiger partial charge in [-0.2, -0.15) is 0 Å². The van der Waals surface area contributed by atoms with Gasteiger partial charge in [0.15, 0.2) is 18.9 Å². The normalized spacial score (nSPS) is 26.8. The molecule has 12 N–H and O–H groups in total. The van der Waals surface area contributed by atoms with Crippen LogP contribution in [0.5, 0.6) is 0 Å². The minimum Gasteiger partial charge on any atom is -0.394 e. The van der Waals surface area contributed by atoms with Crippen molar-refractivity contribution in [3.63, 3.8) is 0 Å². The van der Waals surface area contributed by atoms with E-state index in [1.54, 1.807) is 6.08 Å². The molecule has 0 aliphatic carbocycles. The number of unbranched alkanes of at least 4 members (excludes halogenated alkanes) is 20. The van der Waals surface area contributed by atoms with E-state index in [-0.39, 0.29) is 12.3 Å². The average molecular weight is 1460 g/mol. The predicted molar refractivity (Wildman–Crippen MR) is 415 cm³/mol. The summed E-state index contributed by atoms with van der Waals surface area (Å²) in [7, 11) is 0. The van der Waals surface area contributed by atoms with E-state index >= 15 is 0 Å². The number of allylic oxidation sites excluding steroid dienone is 25. The lowest BCUT2D eigenvalue weighted by molar-refractivity contribution is -0.379. The number of ether oxygens (including phenoxy) is 6. The molecule has 3 aliphatic rings. The zero-order valence-electron chi connectivity index (χ0n) is 63.2. The molecule has 19 heteroatoms. The van der Waals surface area contributed by atoms with Crippen LogP contribution in [-0.2, 0) is 33.2 Å². The van der Waals surface area contributed by atoms with Gasteiger partial charge in [0, 0.05) is 6.42 Å². The van der Waals surface area contributed by atoms with Crippen LogP contribution in [0.25, 0.3) is 0 Å². The Hall–Kier alpha value is -4.59. The van der Waals surface area contributed by atoms with E-state index in [1.165, 1.54) is 103 Å². The van der Waals surface area contributed by atoms with Gasteiger partial charge in [0.05, 0.1) is 38.6 Å². The van der Waals surface area contributed by atoms with Gasteiger partial charge in [-0.3, -0.25) is 4.79 Å². The molecule has 3 saturated heterocycles. The first-order valence-electron chi connectivity index (χ1n) is 39.7. The molecule has 3 fully saturated rings. The zero-order valence-corrected chi connectivity index (χ0v) is 63.2. The van der Waals surface area contributed by atoms with Gasteiger partial charge < -0.3 is 89.9 Å². The fourth-order valence-corrected chi connectivity index (χ4v) is 12.2. The van der Waals surface area contributed by atoms with Gasteiger partial charge in [0.25, 0.3) is 0 Å². The summed E-state index contributed by atoms with van der Waals surface area (Å²) < 4.78 is 34.4. The smallest absolute Gasteiger partial charge is 0.220 e. The Kier molecular flexibility index (Phi) is 57.0. The first kappa shape index (κ1) is 93.6. The average Bonchev–Trinajstić information content (AvgIpc) is 0.783. The first-order valence-corrected chi connectivity index (χ1v) is 39.7. The fraction of sp³-hybridized carbons (Fsp3) is 0.682. The molecule has 0 spiro atoms. The van der Waals surface area contributed by atoms with Crippen molar-refractivity contribution in [3.05, 3.63) is 158 Å². The molecule has 17 unspecified atom stereocenters. The highest BCUT2D eigenvalue weighted by Gasteiger charge is 2.53. The lowest BCUT2D eigenvalue weighted by Crippen LogP contribution is -2.66. The van der Waals surface area contributed by atoms with E-state index in [9.17, 15) is 61.0 Å². The number of rotatable bonds is 60. The molecule has 0 aromatic carbocycles. The molecule has 17 atom stereocenters. The Morgan fingerprint density at radius 1 is 0.356 bits per heavy atom. The van der Waals surface area contributed by atoms with Crippen LogP contribution in [0.15, 0.2) is 158 Å². The molecule has 3 heterocycles. The largest absolute Gasteiger partial charge is 0.394 e. The van der Waals surface area contributed by atoms with Crippen LogP contribution >= 0.6 is 0 Å². The second-order valence-electron chi connectivity index (χ2n) is 27.4. The maximum absolute atomic E-state index is 13.4. The Balaban J connectivity index is 1.43. The molecular weight excluding hydrogens is 1320 g/mol. The summed E-state index contributed by atoms with van der Waals surface area (Å²) in [5.74, 6) is -0.338. The highest BCUT2D eigenvalue weighted by atomic mass is 16.8. The molecule has 0 saturated carbocycles. The monoisotopic (exact) mass is 1460 g/mol. The maximum Gasteiger partial charge on any atom is 0.220 e. The molecule has 0 aromatic rings. The van der Waals surface area contributed by atoms with Gasteiger partial charge in [-0.05, 0) is 122 Å². The molecule has 104 heavy (non-hydrogen) atoms. The molecule has 0 radical (unpaired) electrons. The number of carbonyl (C=O) groups is 1. The van der Waals surface area contributed by atoms with Gasteiger partial charge in [0.2, 0.25) is 5.91 Å². The van der Waals surface area contributed by atoms with E-state index in [4.69, 9.17) is 28.4 Å². The summed E-state index contributed by atoms with van der Waals surface area (Å²) in [5, 5.41) is 121. The van der Waals surface area contributed by atoms with E-state index in [0.29, 0.717) is 12.8 Å². The van der Waals surface area contributed by atoms with Crippen molar-refractivity contribution in [1.29, 1.82) is 0 Å². The number of carbonyl (C=O) groups excluding carboxylic acids is 1. The van der Waals surface area contributed by atoms with Gasteiger partial charge in [-0.25, -0.2) is 0 Å². The standard InChI is InChI=1S/C85H139NO18/c1-3-5-7-9-11-13-15-17-19-21-23-25-27-29-31-32-33-34-35-36-37-39-41-43-45-47-49-51-53-55-57-59-61-63-73(91)86-68(69(90)62-60-58-56-54-52-50-48-46-44-42-40-38-30-28-26-24-22-20-18-16-14-12-10-8-6-4-2)67-99-83-79(97)76(94)81(71(65-88)101-83)104-85-80(98)77(95)82(72(66-89)102-85)103-84-78(96)75(93)74(92)70(64-87)100-84/h5,7,11,13,17,19,23,25,29,31,33-34,36-37,41,43-44,46-47,49,52-55,60,62,68-72,74-85,87-90,92-98H,3-4,6,8-10,12,14-16,18,20-22,24,26-28,30,32,35,38-40,42,45,48,50-51,56-59,61,63-67H2,1-2H3,(H,86,91)/b7-5-,13-11-,19-17-,25-23-,31-29-,34-33-,37-36-,43-41-,46-44+,49-47-,54-52+,55-53-,62-60+. The summed E-state index contributed by atoms with van der Waals surface area (Å²) in [6, 6.07) is -1.03. The Bertz CT molecular complexity index is 2500. The molecule has 0 bridgehead atoms. The van der Waals surface area contributed by atoms with Gasteiger partial charge in [-0.1, -0.05) is 268 Å². The molecule has 3 aliphatic heterocycles. The summed E-state index contributed by atoms with van der Waals surface area (Å²) in [4.78, 5) is 13.4. The molecule has 19 nitrogen and oxygen atoms in total.